The molecule has 3 heterocycles. The van der Waals surface area contributed by atoms with E-state index < -0.39 is 23.9 Å². The zero-order chi connectivity index (χ0) is 25.6. The fraction of sp³-hybridized carbons (Fsp3) is 0.368. The lowest BCUT2D eigenvalue weighted by atomic mass is 10.2. The summed E-state index contributed by atoms with van der Waals surface area (Å²) in [5.74, 6) is -2.76. The van der Waals surface area contributed by atoms with E-state index in [9.17, 15) is 26.7 Å². The maximum absolute atomic E-state index is 12.8. The Kier molecular flexibility index (Phi) is 8.86. The largest absolute Gasteiger partial charge is 0.490 e. The number of aryl methyl sites for hydroxylation is 2. The van der Waals surface area contributed by atoms with E-state index in [0.717, 1.165) is 32.1 Å². The van der Waals surface area contributed by atoms with Crippen molar-refractivity contribution in [3.63, 3.8) is 0 Å². The Hall–Kier alpha value is -3.33. The first-order valence-electron chi connectivity index (χ1n) is 9.64. The van der Waals surface area contributed by atoms with E-state index in [1.165, 1.54) is 10.9 Å². The topological polar surface area (TPSA) is 121 Å². The SMILES string of the molecule is CCn1cc(-c2cc(C)c(Cn3cnn(CC(CN)=C(F)F)c3=O)s2)cn1.O=C(O)C(F)(F)F. The number of carbonyl (C=O) groups is 1. The first kappa shape index (κ1) is 26.9. The van der Waals surface area contributed by atoms with Crippen LogP contribution in [0.4, 0.5) is 22.0 Å². The van der Waals surface area contributed by atoms with Gasteiger partial charge >= 0.3 is 17.8 Å². The number of halogens is 5. The van der Waals surface area contributed by atoms with E-state index >= 15 is 0 Å². The number of hydrogen-bond donors (Lipinski definition) is 2. The van der Waals surface area contributed by atoms with Crippen molar-refractivity contribution in [1.82, 2.24) is 24.1 Å². The average Bonchev–Trinajstić information content (AvgIpc) is 3.46. The summed E-state index contributed by atoms with van der Waals surface area (Å²) in [5, 5.41) is 15.3. The van der Waals surface area contributed by atoms with Crippen molar-refractivity contribution in [1.29, 1.82) is 0 Å². The standard InChI is InChI=1S/C17H20F2N6OS.C2HF3O2/c1-3-24-7-13(6-21-24)14-4-11(2)15(27-14)9-23-10-22-25(17(23)26)8-12(5-20)16(18)19;3-2(4,5)1(6)7/h4,6-7,10H,3,5,8-9,20H2,1-2H3;(H,6,7). The fourth-order valence-corrected chi connectivity index (χ4v) is 3.76. The van der Waals surface area contributed by atoms with Crippen molar-refractivity contribution in [2.45, 2.75) is 39.7 Å². The second kappa shape index (κ2) is 11.2. The third-order valence-electron chi connectivity index (χ3n) is 4.47. The van der Waals surface area contributed by atoms with Gasteiger partial charge in [0.05, 0.1) is 19.3 Å². The molecule has 3 N–H and O–H groups in total. The van der Waals surface area contributed by atoms with Crippen LogP contribution in [0.3, 0.4) is 0 Å². The van der Waals surface area contributed by atoms with E-state index in [1.54, 1.807) is 11.3 Å². The fourth-order valence-electron chi connectivity index (χ4n) is 2.61. The van der Waals surface area contributed by atoms with Crippen LogP contribution >= 0.6 is 11.3 Å². The van der Waals surface area contributed by atoms with Crippen LogP contribution in [0.15, 0.2) is 41.2 Å². The summed E-state index contributed by atoms with van der Waals surface area (Å²) in [4.78, 5) is 23.4. The van der Waals surface area contributed by atoms with E-state index in [0.29, 0.717) is 6.54 Å². The molecular weight excluding hydrogens is 487 g/mol. The van der Waals surface area contributed by atoms with Crippen LogP contribution in [0.1, 0.15) is 17.4 Å². The smallest absolute Gasteiger partial charge is 0.475 e. The van der Waals surface area contributed by atoms with Crippen molar-refractivity contribution in [2.75, 3.05) is 6.54 Å². The monoisotopic (exact) mass is 508 g/mol. The summed E-state index contributed by atoms with van der Waals surface area (Å²) >= 11 is 1.57. The lowest BCUT2D eigenvalue weighted by Gasteiger charge is -2.02. The maximum Gasteiger partial charge on any atom is 0.490 e. The molecule has 15 heteroatoms. The first-order chi connectivity index (χ1) is 15.9. The van der Waals surface area contributed by atoms with Gasteiger partial charge in [-0.3, -0.25) is 9.25 Å². The molecule has 0 fully saturated rings. The quantitative estimate of drug-likeness (QED) is 0.473. The Morgan fingerprint density at radius 2 is 1.91 bits per heavy atom. The molecule has 9 nitrogen and oxygen atoms in total. The molecule has 3 aromatic heterocycles. The van der Waals surface area contributed by atoms with Crippen LogP contribution in [0.25, 0.3) is 10.4 Å². The minimum absolute atomic E-state index is 0.301. The highest BCUT2D eigenvalue weighted by atomic mass is 32.1. The third kappa shape index (κ3) is 6.84. The Morgan fingerprint density at radius 1 is 1.26 bits per heavy atom. The van der Waals surface area contributed by atoms with Gasteiger partial charge in [-0.15, -0.1) is 11.3 Å². The van der Waals surface area contributed by atoms with Crippen molar-refractivity contribution in [3.8, 4) is 10.4 Å². The van der Waals surface area contributed by atoms with E-state index in [4.69, 9.17) is 15.6 Å². The number of carboxylic acid groups (broad SMARTS) is 1. The van der Waals surface area contributed by atoms with E-state index in [-0.39, 0.29) is 18.7 Å². The van der Waals surface area contributed by atoms with Gasteiger partial charge in [-0.25, -0.2) is 14.3 Å². The highest BCUT2D eigenvalue weighted by Crippen LogP contribution is 2.31. The molecule has 34 heavy (non-hydrogen) atoms. The predicted octanol–water partition coefficient (Wildman–Crippen LogP) is 3.09. The second-order valence-electron chi connectivity index (χ2n) is 6.87. The van der Waals surface area contributed by atoms with E-state index in [1.807, 2.05) is 30.9 Å². The van der Waals surface area contributed by atoms with Gasteiger partial charge in [0.25, 0.3) is 6.08 Å². The number of aliphatic carboxylic acids is 1. The molecule has 3 rings (SSSR count). The molecule has 0 atom stereocenters. The van der Waals surface area contributed by atoms with Gasteiger partial charge in [0, 0.05) is 40.2 Å². The van der Waals surface area contributed by atoms with Gasteiger partial charge in [0.1, 0.15) is 6.33 Å². The van der Waals surface area contributed by atoms with Crippen molar-refractivity contribution < 1.29 is 31.9 Å². The Morgan fingerprint density at radius 3 is 2.41 bits per heavy atom. The number of nitrogens with two attached hydrogens (primary N) is 1. The zero-order valence-electron chi connectivity index (χ0n) is 18.0. The second-order valence-corrected chi connectivity index (χ2v) is 8.01. The van der Waals surface area contributed by atoms with Crippen molar-refractivity contribution in [3.05, 3.63) is 57.4 Å². The van der Waals surface area contributed by atoms with Crippen molar-refractivity contribution in [2.24, 2.45) is 5.73 Å². The molecule has 186 valence electrons. The lowest BCUT2D eigenvalue weighted by molar-refractivity contribution is -0.192. The van der Waals surface area contributed by atoms with Gasteiger partial charge < -0.3 is 10.8 Å². The summed E-state index contributed by atoms with van der Waals surface area (Å²) in [6.45, 7) is 4.49. The van der Waals surface area contributed by atoms with Gasteiger partial charge in [-0.1, -0.05) is 0 Å². The summed E-state index contributed by atoms with van der Waals surface area (Å²) in [7, 11) is 0. The number of carboxylic acids is 1. The van der Waals surface area contributed by atoms with Crippen LogP contribution in [0, 0.1) is 6.92 Å². The molecule has 0 aliphatic carbocycles. The third-order valence-corrected chi connectivity index (χ3v) is 5.74. The molecule has 0 saturated carbocycles. The molecule has 3 aromatic rings. The summed E-state index contributed by atoms with van der Waals surface area (Å²) < 4.78 is 61.5. The average molecular weight is 508 g/mol. The van der Waals surface area contributed by atoms with E-state index in [2.05, 4.69) is 16.3 Å². The van der Waals surface area contributed by atoms with Gasteiger partial charge in [0.15, 0.2) is 0 Å². The minimum Gasteiger partial charge on any atom is -0.475 e. The number of hydrogen-bond acceptors (Lipinski definition) is 6. The Balaban J connectivity index is 0.000000509. The number of nitrogens with zero attached hydrogens (tertiary/aromatic N) is 5. The van der Waals surface area contributed by atoms with Gasteiger partial charge in [0.2, 0.25) is 0 Å². The van der Waals surface area contributed by atoms with Crippen LogP contribution in [0.2, 0.25) is 0 Å². The molecule has 0 aliphatic rings. The number of thiophene rings is 1. The Bertz CT molecular complexity index is 1220. The maximum atomic E-state index is 12.8. The molecule has 0 aliphatic heterocycles. The summed E-state index contributed by atoms with van der Waals surface area (Å²) in [6, 6.07) is 2.06. The predicted molar refractivity (Wildman–Crippen MR) is 114 cm³/mol. The normalized spacial score (nSPS) is 11.2. The summed E-state index contributed by atoms with van der Waals surface area (Å²) in [6.07, 6.45) is -1.80. The molecule has 0 saturated heterocycles. The number of alkyl halides is 3. The zero-order valence-corrected chi connectivity index (χ0v) is 18.8. The van der Waals surface area contributed by atoms with Crippen LogP contribution in [-0.4, -0.2) is 47.9 Å². The van der Waals surface area contributed by atoms with Crippen molar-refractivity contribution >= 4 is 17.3 Å². The number of aromatic nitrogens is 5. The molecule has 0 bridgehead atoms. The molecule has 0 amide bonds. The van der Waals surface area contributed by atoms with Gasteiger partial charge in [-0.05, 0) is 25.5 Å². The minimum atomic E-state index is -5.08. The van der Waals surface area contributed by atoms with Crippen LogP contribution < -0.4 is 11.4 Å². The summed E-state index contributed by atoms with van der Waals surface area (Å²) in [5.41, 5.74) is 6.62. The Labute approximate surface area is 193 Å². The number of rotatable bonds is 7. The molecule has 0 spiro atoms. The molecular formula is C19H21F5N6O3S. The highest BCUT2D eigenvalue weighted by Gasteiger charge is 2.38. The van der Waals surface area contributed by atoms with Crippen LogP contribution in [-0.2, 0) is 24.4 Å². The van der Waals surface area contributed by atoms with Gasteiger partial charge in [-0.2, -0.15) is 32.1 Å². The molecule has 0 radical (unpaired) electrons. The lowest BCUT2D eigenvalue weighted by Crippen LogP contribution is -2.27. The highest BCUT2D eigenvalue weighted by molar-refractivity contribution is 7.15. The first-order valence-corrected chi connectivity index (χ1v) is 10.5. The molecule has 0 unspecified atom stereocenters. The van der Waals surface area contributed by atoms with Crippen LogP contribution in [0.5, 0.6) is 0 Å². The molecule has 0 aromatic carbocycles.